The van der Waals surface area contributed by atoms with E-state index >= 15 is 0 Å². The van der Waals surface area contributed by atoms with Crippen molar-refractivity contribution in [2.75, 3.05) is 13.1 Å². The summed E-state index contributed by atoms with van der Waals surface area (Å²) in [5.41, 5.74) is 1.39. The zero-order valence-electron chi connectivity index (χ0n) is 16.4. The van der Waals surface area contributed by atoms with Gasteiger partial charge in [0.15, 0.2) is 5.70 Å². The van der Waals surface area contributed by atoms with Crippen molar-refractivity contribution in [3.05, 3.63) is 45.8 Å². The summed E-state index contributed by atoms with van der Waals surface area (Å²) in [7, 11) is 0. The van der Waals surface area contributed by atoms with Gasteiger partial charge < -0.3 is 10.2 Å². The number of aliphatic carboxylic acids is 1. The predicted molar refractivity (Wildman–Crippen MR) is 115 cm³/mol. The van der Waals surface area contributed by atoms with Gasteiger partial charge in [-0.2, -0.15) is 0 Å². The van der Waals surface area contributed by atoms with Gasteiger partial charge in [0.05, 0.1) is 16.3 Å². The van der Waals surface area contributed by atoms with E-state index in [0.717, 1.165) is 32.5 Å². The lowest BCUT2D eigenvalue weighted by Crippen LogP contribution is -2.61. The highest BCUT2D eigenvalue weighted by Crippen LogP contribution is 2.55. The van der Waals surface area contributed by atoms with Gasteiger partial charge in [0.2, 0.25) is 5.91 Å². The normalized spacial score (nSPS) is 28.3. The van der Waals surface area contributed by atoms with E-state index in [-0.39, 0.29) is 17.0 Å². The fourth-order valence-electron chi connectivity index (χ4n) is 4.24. The second-order valence-electron chi connectivity index (χ2n) is 7.76. The summed E-state index contributed by atoms with van der Waals surface area (Å²) in [4.78, 5) is 28.2. The van der Waals surface area contributed by atoms with Crippen LogP contribution >= 0.6 is 23.5 Å². The molecule has 4 unspecified atom stereocenters. The quantitative estimate of drug-likeness (QED) is 0.639. The van der Waals surface area contributed by atoms with E-state index in [9.17, 15) is 19.8 Å². The Morgan fingerprint density at radius 1 is 1.34 bits per heavy atom. The molecule has 3 aliphatic heterocycles. The Balaban J connectivity index is 1.44. The number of carboxylic acid groups (broad SMARTS) is 1. The minimum atomic E-state index is -1.06. The first-order valence-corrected chi connectivity index (χ1v) is 11.8. The fraction of sp³-hybridized carbons (Fsp3) is 0.524. The number of likely N-dealkylation sites (tertiary alicyclic amines) is 1. The molecule has 156 valence electrons. The van der Waals surface area contributed by atoms with Crippen LogP contribution in [0.2, 0.25) is 0 Å². The number of hydrogen-bond acceptors (Lipinski definition) is 6. The minimum absolute atomic E-state index is 0.106. The standard InChI is InChI=1S/C21H26N2O4S2/c1-2-15(24)16-18(25)23-17(20(26)27)21(29-19(16)23)28-14-9-6-10-22(12-14)11-13-7-4-3-5-8-13/h3-5,7-8,14-16,19,24H,2,6,9-12H2,1H3,(H,26,27). The Bertz CT molecular complexity index is 816. The van der Waals surface area contributed by atoms with E-state index < -0.39 is 18.0 Å². The number of hydrogen-bond donors (Lipinski definition) is 2. The van der Waals surface area contributed by atoms with Crippen LogP contribution in [0.15, 0.2) is 40.3 Å². The number of aliphatic hydroxyl groups is 1. The van der Waals surface area contributed by atoms with Crippen molar-refractivity contribution in [3.8, 4) is 0 Å². The molecule has 1 aromatic carbocycles. The number of nitrogens with zero attached hydrogens (tertiary/aromatic N) is 2. The highest BCUT2D eigenvalue weighted by Gasteiger charge is 2.58. The van der Waals surface area contributed by atoms with Crippen LogP contribution in [-0.4, -0.2) is 61.7 Å². The summed E-state index contributed by atoms with van der Waals surface area (Å²) in [5.74, 6) is -1.82. The maximum Gasteiger partial charge on any atom is 0.354 e. The van der Waals surface area contributed by atoms with Crippen LogP contribution in [0.1, 0.15) is 31.7 Å². The SMILES string of the molecule is CCC(O)C1C(=O)N2C(C(=O)O)=C(SC3CCCN(Cc4ccccc4)C3)SC12. The molecule has 6 nitrogen and oxygen atoms in total. The Kier molecular flexibility index (Phi) is 6.24. The van der Waals surface area contributed by atoms with Crippen LogP contribution in [0.25, 0.3) is 0 Å². The van der Waals surface area contributed by atoms with E-state index in [2.05, 4.69) is 17.0 Å². The lowest BCUT2D eigenvalue weighted by molar-refractivity contribution is -0.157. The lowest BCUT2D eigenvalue weighted by atomic mass is 9.90. The molecule has 1 aromatic rings. The van der Waals surface area contributed by atoms with E-state index in [4.69, 9.17) is 0 Å². The van der Waals surface area contributed by atoms with Crippen LogP contribution in [0.4, 0.5) is 0 Å². The number of carboxylic acids is 1. The summed E-state index contributed by atoms with van der Waals surface area (Å²) in [5, 5.41) is 19.9. The van der Waals surface area contributed by atoms with Crippen LogP contribution in [0, 0.1) is 5.92 Å². The number of carbonyl (C=O) groups is 2. The number of piperidine rings is 1. The number of aliphatic hydroxyl groups excluding tert-OH is 1. The molecule has 0 aromatic heterocycles. The molecule has 3 heterocycles. The molecule has 8 heteroatoms. The maximum atomic E-state index is 12.5. The van der Waals surface area contributed by atoms with Crippen molar-refractivity contribution >= 4 is 35.4 Å². The van der Waals surface area contributed by atoms with Gasteiger partial charge in [-0.05, 0) is 31.4 Å². The Labute approximate surface area is 179 Å². The van der Waals surface area contributed by atoms with Crippen molar-refractivity contribution in [3.63, 3.8) is 0 Å². The van der Waals surface area contributed by atoms with Gasteiger partial charge in [-0.15, -0.1) is 11.8 Å². The van der Waals surface area contributed by atoms with Gasteiger partial charge in [-0.1, -0.05) is 49.0 Å². The predicted octanol–water partition coefficient (Wildman–Crippen LogP) is 2.94. The van der Waals surface area contributed by atoms with E-state index in [0.29, 0.717) is 15.9 Å². The molecule has 2 fully saturated rings. The van der Waals surface area contributed by atoms with Crippen molar-refractivity contribution in [2.24, 2.45) is 5.92 Å². The summed E-state index contributed by atoms with van der Waals surface area (Å²) >= 11 is 3.03. The first-order chi connectivity index (χ1) is 14.0. The third-order valence-electron chi connectivity index (χ3n) is 5.77. The molecule has 2 saturated heterocycles. The van der Waals surface area contributed by atoms with Crippen molar-refractivity contribution in [1.82, 2.24) is 9.80 Å². The van der Waals surface area contributed by atoms with Crippen LogP contribution in [0.5, 0.6) is 0 Å². The number of carbonyl (C=O) groups excluding carboxylic acids is 1. The molecule has 0 saturated carbocycles. The first-order valence-electron chi connectivity index (χ1n) is 10.1. The molecule has 0 radical (unpaired) electrons. The fourth-order valence-corrected chi connectivity index (χ4v) is 7.61. The number of fused-ring (bicyclic) bond motifs is 1. The molecule has 0 aliphatic carbocycles. The maximum absolute atomic E-state index is 12.5. The number of β-lactam (4-membered cyclic amide) rings is 1. The molecule has 4 rings (SSSR count). The van der Waals surface area contributed by atoms with Crippen LogP contribution < -0.4 is 0 Å². The number of amides is 1. The molecule has 3 aliphatic rings. The van der Waals surface area contributed by atoms with E-state index in [1.807, 2.05) is 25.1 Å². The minimum Gasteiger partial charge on any atom is -0.477 e. The largest absolute Gasteiger partial charge is 0.477 e. The van der Waals surface area contributed by atoms with Gasteiger partial charge in [0.1, 0.15) is 5.37 Å². The van der Waals surface area contributed by atoms with E-state index in [1.54, 1.807) is 11.8 Å². The molecular weight excluding hydrogens is 408 g/mol. The second-order valence-corrected chi connectivity index (χ2v) is 10.5. The van der Waals surface area contributed by atoms with Gasteiger partial charge in [0.25, 0.3) is 0 Å². The summed E-state index contributed by atoms with van der Waals surface area (Å²) in [6.07, 6.45) is 1.89. The third-order valence-corrected chi connectivity index (χ3v) is 8.62. The summed E-state index contributed by atoms with van der Waals surface area (Å²) < 4.78 is 0.716. The molecule has 4 atom stereocenters. The molecule has 29 heavy (non-hydrogen) atoms. The van der Waals surface area contributed by atoms with Gasteiger partial charge in [0, 0.05) is 18.3 Å². The van der Waals surface area contributed by atoms with Gasteiger partial charge in [-0.25, -0.2) is 4.79 Å². The van der Waals surface area contributed by atoms with Gasteiger partial charge >= 0.3 is 5.97 Å². The van der Waals surface area contributed by atoms with Crippen LogP contribution in [-0.2, 0) is 16.1 Å². The molecule has 0 spiro atoms. The zero-order chi connectivity index (χ0) is 20.5. The molecular formula is C21H26N2O4S2. The second kappa shape index (κ2) is 8.71. The first kappa shape index (κ1) is 20.8. The third kappa shape index (κ3) is 4.08. The monoisotopic (exact) mass is 434 g/mol. The van der Waals surface area contributed by atoms with Crippen molar-refractivity contribution in [1.29, 1.82) is 0 Å². The number of thioether (sulfide) groups is 2. The Hall–Kier alpha value is -1.48. The average Bonchev–Trinajstić information content (AvgIpc) is 3.03. The van der Waals surface area contributed by atoms with Crippen LogP contribution in [0.3, 0.4) is 0 Å². The zero-order valence-corrected chi connectivity index (χ0v) is 18.0. The Morgan fingerprint density at radius 2 is 2.10 bits per heavy atom. The number of rotatable bonds is 7. The summed E-state index contributed by atoms with van der Waals surface area (Å²) in [6.45, 7) is 4.68. The average molecular weight is 435 g/mol. The molecule has 0 bridgehead atoms. The topological polar surface area (TPSA) is 81.1 Å². The van der Waals surface area contributed by atoms with Crippen molar-refractivity contribution in [2.45, 2.75) is 49.5 Å². The smallest absolute Gasteiger partial charge is 0.354 e. The van der Waals surface area contributed by atoms with E-state index in [1.165, 1.54) is 22.2 Å². The lowest BCUT2D eigenvalue weighted by Gasteiger charge is -2.44. The molecule has 1 amide bonds. The Morgan fingerprint density at radius 3 is 2.79 bits per heavy atom. The van der Waals surface area contributed by atoms with Gasteiger partial charge in [-0.3, -0.25) is 14.6 Å². The summed E-state index contributed by atoms with van der Waals surface area (Å²) in [6, 6.07) is 10.4. The highest BCUT2D eigenvalue weighted by molar-refractivity contribution is 8.23. The molecule has 2 N–H and O–H groups in total. The highest BCUT2D eigenvalue weighted by atomic mass is 32.2. The van der Waals surface area contributed by atoms with Crippen molar-refractivity contribution < 1.29 is 19.8 Å². The number of benzene rings is 1.